The van der Waals surface area contributed by atoms with Crippen molar-refractivity contribution >= 4 is 17.6 Å². The highest BCUT2D eigenvalue weighted by Gasteiger charge is 2.38. The number of carbonyl (C=O) groups is 2. The maximum atomic E-state index is 13.5. The first-order valence-corrected chi connectivity index (χ1v) is 12.6. The van der Waals surface area contributed by atoms with Crippen molar-refractivity contribution in [3.05, 3.63) is 92.3 Å². The van der Waals surface area contributed by atoms with Gasteiger partial charge in [0, 0.05) is 36.6 Å². The van der Waals surface area contributed by atoms with Crippen LogP contribution in [-0.4, -0.2) is 55.2 Å². The first-order chi connectivity index (χ1) is 18.5. The molecule has 0 amide bonds. The molecular formula is C29H35N3O7. The topological polar surface area (TPSA) is 120 Å². The van der Waals surface area contributed by atoms with Gasteiger partial charge in [0.15, 0.2) is 0 Å². The normalized spacial score (nSPS) is 15.3. The first-order valence-electron chi connectivity index (χ1n) is 12.6. The fourth-order valence-corrected chi connectivity index (χ4v) is 4.46. The zero-order chi connectivity index (χ0) is 28.7. The van der Waals surface area contributed by atoms with E-state index < -0.39 is 28.9 Å². The van der Waals surface area contributed by atoms with Gasteiger partial charge in [0.2, 0.25) is 0 Å². The van der Waals surface area contributed by atoms with Crippen molar-refractivity contribution in [1.82, 2.24) is 10.2 Å². The summed E-state index contributed by atoms with van der Waals surface area (Å²) in [7, 11) is 3.54. The van der Waals surface area contributed by atoms with Crippen LogP contribution >= 0.6 is 0 Å². The van der Waals surface area contributed by atoms with E-state index in [1.54, 1.807) is 40.9 Å². The second-order valence-electron chi connectivity index (χ2n) is 9.66. The molecule has 1 unspecified atom stereocenters. The molecule has 1 N–H and O–H groups in total. The predicted molar refractivity (Wildman–Crippen MR) is 146 cm³/mol. The average molecular weight is 538 g/mol. The molecule has 0 bridgehead atoms. The average Bonchev–Trinajstić information content (AvgIpc) is 2.88. The van der Waals surface area contributed by atoms with Gasteiger partial charge in [0.05, 0.1) is 35.2 Å². The van der Waals surface area contributed by atoms with Crippen LogP contribution in [0.4, 0.5) is 5.69 Å². The van der Waals surface area contributed by atoms with Crippen molar-refractivity contribution in [3.63, 3.8) is 0 Å². The number of hydrogen-bond donors (Lipinski definition) is 1. The fourth-order valence-electron chi connectivity index (χ4n) is 4.46. The van der Waals surface area contributed by atoms with Gasteiger partial charge in [-0.05, 0) is 58.0 Å². The molecule has 1 aliphatic heterocycles. The van der Waals surface area contributed by atoms with Crippen molar-refractivity contribution in [2.45, 2.75) is 46.3 Å². The number of nitrogens with one attached hydrogen (secondary N) is 1. The van der Waals surface area contributed by atoms with Crippen LogP contribution in [0.25, 0.3) is 0 Å². The highest BCUT2D eigenvalue weighted by Crippen LogP contribution is 2.40. The zero-order valence-corrected chi connectivity index (χ0v) is 23.1. The standard InChI is InChI=1S/C29H35N3O7/c1-18(2)39-29(34)26-20(4)30-19(3)25(27(26)22-8-7-9-23(16-22)32(35)36)28(33)38-15-14-31(5)17-21-10-12-24(37-6)13-11-21/h7-13,16,18,27,30H,14-15,17H2,1-6H3. The number of allylic oxidation sites excluding steroid dienone is 2. The zero-order valence-electron chi connectivity index (χ0n) is 23.1. The number of methoxy groups -OCH3 is 1. The molecule has 0 aliphatic carbocycles. The summed E-state index contributed by atoms with van der Waals surface area (Å²) < 4.78 is 16.3. The van der Waals surface area contributed by atoms with E-state index in [0.717, 1.165) is 11.3 Å². The minimum absolute atomic E-state index is 0.110. The van der Waals surface area contributed by atoms with E-state index in [2.05, 4.69) is 5.32 Å². The molecule has 1 atom stereocenters. The predicted octanol–water partition coefficient (Wildman–Crippen LogP) is 4.47. The highest BCUT2D eigenvalue weighted by atomic mass is 16.6. The molecule has 0 spiro atoms. The number of rotatable bonds is 11. The molecule has 1 heterocycles. The van der Waals surface area contributed by atoms with Crippen molar-refractivity contribution in [2.75, 3.05) is 27.3 Å². The van der Waals surface area contributed by atoms with Crippen LogP contribution < -0.4 is 10.1 Å². The Morgan fingerprint density at radius 2 is 1.69 bits per heavy atom. The number of nitro benzene ring substituents is 1. The molecule has 10 heteroatoms. The summed E-state index contributed by atoms with van der Waals surface area (Å²) in [5.41, 5.74) is 2.77. The molecule has 0 radical (unpaired) electrons. The number of non-ortho nitro benzene ring substituents is 1. The van der Waals surface area contributed by atoms with E-state index in [4.69, 9.17) is 14.2 Å². The van der Waals surface area contributed by atoms with Crippen LogP contribution in [-0.2, 0) is 25.6 Å². The maximum Gasteiger partial charge on any atom is 0.337 e. The number of carbonyl (C=O) groups excluding carboxylic acids is 2. The van der Waals surface area contributed by atoms with Crippen molar-refractivity contribution in [1.29, 1.82) is 0 Å². The Hall–Kier alpha value is -4.18. The van der Waals surface area contributed by atoms with Crippen molar-refractivity contribution in [2.24, 2.45) is 0 Å². The van der Waals surface area contributed by atoms with E-state index in [0.29, 0.717) is 30.0 Å². The molecular weight excluding hydrogens is 502 g/mol. The monoisotopic (exact) mass is 537 g/mol. The quantitative estimate of drug-likeness (QED) is 0.251. The molecule has 0 saturated heterocycles. The molecule has 0 saturated carbocycles. The first kappa shape index (κ1) is 29.4. The second kappa shape index (κ2) is 13.1. The lowest BCUT2D eigenvalue weighted by molar-refractivity contribution is -0.384. The third-order valence-corrected chi connectivity index (χ3v) is 6.28. The van der Waals surface area contributed by atoms with Gasteiger partial charge in [-0.2, -0.15) is 0 Å². The molecule has 0 aromatic heterocycles. The minimum atomic E-state index is -0.901. The molecule has 0 fully saturated rings. The molecule has 208 valence electrons. The summed E-state index contributed by atoms with van der Waals surface area (Å²) >= 11 is 0. The minimum Gasteiger partial charge on any atom is -0.497 e. The number of benzene rings is 2. The van der Waals surface area contributed by atoms with E-state index in [1.807, 2.05) is 36.2 Å². The van der Waals surface area contributed by atoms with E-state index >= 15 is 0 Å². The van der Waals surface area contributed by atoms with Crippen molar-refractivity contribution in [3.8, 4) is 5.75 Å². The number of nitro groups is 1. The summed E-state index contributed by atoms with van der Waals surface area (Å²) in [6, 6.07) is 13.6. The Morgan fingerprint density at radius 3 is 2.28 bits per heavy atom. The molecule has 39 heavy (non-hydrogen) atoms. The molecule has 3 rings (SSSR count). The van der Waals surface area contributed by atoms with Crippen LogP contribution in [0.5, 0.6) is 5.75 Å². The number of likely N-dealkylation sites (N-methyl/N-ethyl adjacent to an activating group) is 1. The lowest BCUT2D eigenvalue weighted by Crippen LogP contribution is -2.34. The van der Waals surface area contributed by atoms with Crippen LogP contribution in [0.1, 0.15) is 44.7 Å². The second-order valence-corrected chi connectivity index (χ2v) is 9.66. The largest absolute Gasteiger partial charge is 0.497 e. The van der Waals surface area contributed by atoms with Gasteiger partial charge >= 0.3 is 11.9 Å². The van der Waals surface area contributed by atoms with Crippen LogP contribution in [0, 0.1) is 10.1 Å². The van der Waals surface area contributed by atoms with Crippen LogP contribution in [0.2, 0.25) is 0 Å². The lowest BCUT2D eigenvalue weighted by Gasteiger charge is -2.31. The number of hydrogen-bond acceptors (Lipinski definition) is 9. The van der Waals surface area contributed by atoms with Gasteiger partial charge in [0.25, 0.3) is 5.69 Å². The van der Waals surface area contributed by atoms with Crippen molar-refractivity contribution < 1.29 is 28.7 Å². The van der Waals surface area contributed by atoms with Gasteiger partial charge in [-0.1, -0.05) is 24.3 Å². The SMILES string of the molecule is COc1ccc(CN(C)CCOC(=O)C2=C(C)NC(C)=C(C(=O)OC(C)C)C2c2cccc([N+](=O)[O-])c2)cc1. The van der Waals surface area contributed by atoms with E-state index in [-0.39, 0.29) is 23.4 Å². The van der Waals surface area contributed by atoms with Gasteiger partial charge in [-0.3, -0.25) is 15.0 Å². The third kappa shape index (κ3) is 7.44. The Labute approximate surface area is 228 Å². The Morgan fingerprint density at radius 1 is 1.05 bits per heavy atom. The number of ether oxygens (including phenoxy) is 3. The summed E-state index contributed by atoms with van der Waals surface area (Å²) in [5.74, 6) is -1.35. The van der Waals surface area contributed by atoms with Crippen LogP contribution in [0.15, 0.2) is 71.1 Å². The summed E-state index contributed by atoms with van der Waals surface area (Å²) in [5, 5.41) is 14.6. The van der Waals surface area contributed by atoms with Gasteiger partial charge in [0.1, 0.15) is 12.4 Å². The lowest BCUT2D eigenvalue weighted by atomic mass is 9.80. The smallest absolute Gasteiger partial charge is 0.337 e. The Kier molecular flexibility index (Phi) is 9.84. The third-order valence-electron chi connectivity index (χ3n) is 6.28. The number of esters is 2. The number of nitrogens with zero attached hydrogens (tertiary/aromatic N) is 2. The maximum absolute atomic E-state index is 13.5. The Balaban J connectivity index is 1.82. The molecule has 2 aromatic carbocycles. The summed E-state index contributed by atoms with van der Waals surface area (Å²) in [6.45, 7) is 8.10. The van der Waals surface area contributed by atoms with Gasteiger partial charge in [-0.15, -0.1) is 0 Å². The van der Waals surface area contributed by atoms with Gasteiger partial charge < -0.3 is 19.5 Å². The van der Waals surface area contributed by atoms with Crippen LogP contribution in [0.3, 0.4) is 0 Å². The molecule has 1 aliphatic rings. The number of dihydropyridines is 1. The highest BCUT2D eigenvalue weighted by molar-refractivity contribution is 6.00. The fraction of sp³-hybridized carbons (Fsp3) is 0.379. The van der Waals surface area contributed by atoms with Gasteiger partial charge in [-0.25, -0.2) is 9.59 Å². The van der Waals surface area contributed by atoms with E-state index in [1.165, 1.54) is 18.2 Å². The summed E-state index contributed by atoms with van der Waals surface area (Å²) in [4.78, 5) is 39.6. The van der Waals surface area contributed by atoms with E-state index in [9.17, 15) is 19.7 Å². The molecule has 2 aromatic rings. The Bertz CT molecular complexity index is 1280. The molecule has 10 nitrogen and oxygen atoms in total. The summed E-state index contributed by atoms with van der Waals surface area (Å²) in [6.07, 6.45) is -0.396.